The smallest absolute Gasteiger partial charge is 0.253 e. The van der Waals surface area contributed by atoms with E-state index in [1.165, 1.54) is 0 Å². The molecule has 0 bridgehead atoms. The van der Waals surface area contributed by atoms with Crippen LogP contribution in [0.3, 0.4) is 0 Å². The third kappa shape index (κ3) is 4.05. The Hall–Kier alpha value is -3.02. The molecule has 1 heterocycles. The van der Waals surface area contributed by atoms with Crippen molar-refractivity contribution in [2.75, 3.05) is 25.6 Å². The van der Waals surface area contributed by atoms with Gasteiger partial charge in [0.25, 0.3) is 5.91 Å². The molecule has 0 radical (unpaired) electrons. The van der Waals surface area contributed by atoms with E-state index in [4.69, 9.17) is 9.47 Å². The molecule has 2 aromatic carbocycles. The number of hydrogen-bond donors (Lipinski definition) is 1. The van der Waals surface area contributed by atoms with Gasteiger partial charge in [-0.05, 0) is 54.8 Å². The molecule has 1 fully saturated rings. The zero-order valence-electron chi connectivity index (χ0n) is 15.2. The van der Waals surface area contributed by atoms with Gasteiger partial charge >= 0.3 is 0 Å². The zero-order valence-corrected chi connectivity index (χ0v) is 15.2. The minimum Gasteiger partial charge on any atom is -0.486 e. The van der Waals surface area contributed by atoms with Crippen molar-refractivity contribution in [2.24, 2.45) is 5.92 Å². The van der Waals surface area contributed by atoms with Gasteiger partial charge in [-0.2, -0.15) is 0 Å². The van der Waals surface area contributed by atoms with Crippen LogP contribution in [0.1, 0.15) is 28.8 Å². The van der Waals surface area contributed by atoms with Crippen molar-refractivity contribution in [1.82, 2.24) is 4.90 Å². The Kier molecular flexibility index (Phi) is 4.71. The number of hydrogen-bond acceptors (Lipinski definition) is 4. The summed E-state index contributed by atoms with van der Waals surface area (Å²) in [6, 6.07) is 12.7. The lowest BCUT2D eigenvalue weighted by Gasteiger charge is -2.21. The topological polar surface area (TPSA) is 67.9 Å². The van der Waals surface area contributed by atoms with E-state index in [1.807, 2.05) is 18.2 Å². The molecule has 1 aliphatic heterocycles. The van der Waals surface area contributed by atoms with Gasteiger partial charge in [0.1, 0.15) is 13.2 Å². The third-order valence-electron chi connectivity index (χ3n) is 4.72. The number of rotatable bonds is 5. The fraction of sp³-hybridized carbons (Fsp3) is 0.333. The van der Waals surface area contributed by atoms with Crippen LogP contribution in [0.5, 0.6) is 11.5 Å². The Labute approximate surface area is 158 Å². The number of nitrogens with one attached hydrogen (secondary N) is 1. The Bertz CT molecular complexity index is 859. The first-order valence-electron chi connectivity index (χ1n) is 9.15. The molecule has 2 aliphatic rings. The van der Waals surface area contributed by atoms with E-state index in [1.54, 1.807) is 36.2 Å². The van der Waals surface area contributed by atoms with Crippen molar-refractivity contribution < 1.29 is 19.1 Å². The van der Waals surface area contributed by atoms with Crippen molar-refractivity contribution in [3.8, 4) is 11.5 Å². The van der Waals surface area contributed by atoms with Crippen molar-refractivity contribution in [3.05, 3.63) is 53.6 Å². The van der Waals surface area contributed by atoms with Gasteiger partial charge in [-0.15, -0.1) is 0 Å². The number of ether oxygens (including phenoxy) is 2. The normalized spacial score (nSPS) is 15.1. The quantitative estimate of drug-likeness (QED) is 0.883. The van der Waals surface area contributed by atoms with E-state index in [0.29, 0.717) is 25.3 Å². The van der Waals surface area contributed by atoms with Crippen LogP contribution in [0.4, 0.5) is 5.69 Å². The van der Waals surface area contributed by atoms with Gasteiger partial charge in [-0.3, -0.25) is 9.59 Å². The fourth-order valence-corrected chi connectivity index (χ4v) is 3.04. The molecule has 0 atom stereocenters. The van der Waals surface area contributed by atoms with Crippen molar-refractivity contribution in [1.29, 1.82) is 0 Å². The Morgan fingerprint density at radius 1 is 1.04 bits per heavy atom. The molecule has 1 N–H and O–H groups in total. The monoisotopic (exact) mass is 366 g/mol. The molecule has 2 aromatic rings. The minimum atomic E-state index is -0.0787. The van der Waals surface area contributed by atoms with Crippen LogP contribution in [0.15, 0.2) is 42.5 Å². The molecule has 2 amide bonds. The van der Waals surface area contributed by atoms with Crippen molar-refractivity contribution >= 4 is 17.5 Å². The molecule has 0 aromatic heterocycles. The molecule has 140 valence electrons. The molecule has 4 rings (SSSR count). The van der Waals surface area contributed by atoms with Crippen LogP contribution in [0.2, 0.25) is 0 Å². The fourth-order valence-electron chi connectivity index (χ4n) is 3.04. The average Bonchev–Trinajstić information content (AvgIpc) is 3.53. The van der Waals surface area contributed by atoms with Crippen LogP contribution in [0, 0.1) is 5.92 Å². The largest absolute Gasteiger partial charge is 0.486 e. The third-order valence-corrected chi connectivity index (χ3v) is 4.72. The van der Waals surface area contributed by atoms with E-state index in [0.717, 1.165) is 35.6 Å². The number of nitrogens with zero attached hydrogens (tertiary/aromatic N) is 1. The summed E-state index contributed by atoms with van der Waals surface area (Å²) in [5.74, 6) is 1.59. The summed E-state index contributed by atoms with van der Waals surface area (Å²) in [6.45, 7) is 1.56. The predicted molar refractivity (Wildman–Crippen MR) is 101 cm³/mol. The summed E-state index contributed by atoms with van der Waals surface area (Å²) in [5, 5.41) is 2.88. The lowest BCUT2D eigenvalue weighted by atomic mass is 10.1. The molecule has 0 unspecified atom stereocenters. The standard InChI is InChI=1S/C21H22N2O4/c1-23(13-14-2-9-18-19(12-14)27-11-10-26-18)21(25)16-5-7-17(8-6-16)22-20(24)15-3-4-15/h2,5-9,12,15H,3-4,10-11,13H2,1H3,(H,22,24). The summed E-state index contributed by atoms with van der Waals surface area (Å²) >= 11 is 0. The summed E-state index contributed by atoms with van der Waals surface area (Å²) in [5.41, 5.74) is 2.28. The highest BCUT2D eigenvalue weighted by Crippen LogP contribution is 2.31. The Morgan fingerprint density at radius 2 is 1.74 bits per heavy atom. The molecular weight excluding hydrogens is 344 g/mol. The van der Waals surface area contributed by atoms with Crippen LogP contribution in [0.25, 0.3) is 0 Å². The number of benzene rings is 2. The van der Waals surface area contributed by atoms with E-state index in [9.17, 15) is 9.59 Å². The summed E-state index contributed by atoms with van der Waals surface area (Å²) in [6.07, 6.45) is 1.93. The maximum absolute atomic E-state index is 12.7. The molecule has 6 nitrogen and oxygen atoms in total. The Morgan fingerprint density at radius 3 is 2.44 bits per heavy atom. The summed E-state index contributed by atoms with van der Waals surface area (Å²) in [4.78, 5) is 26.1. The molecule has 1 aliphatic carbocycles. The van der Waals surface area contributed by atoms with Crippen LogP contribution < -0.4 is 14.8 Å². The first-order valence-corrected chi connectivity index (χ1v) is 9.15. The number of amides is 2. The summed E-state index contributed by atoms with van der Waals surface area (Å²) in [7, 11) is 1.77. The first kappa shape index (κ1) is 17.4. The molecule has 0 spiro atoms. The number of carbonyl (C=O) groups is 2. The number of carbonyl (C=O) groups excluding carboxylic acids is 2. The minimum absolute atomic E-state index is 0.0600. The summed E-state index contributed by atoms with van der Waals surface area (Å²) < 4.78 is 11.1. The van der Waals surface area contributed by atoms with Gasteiger partial charge in [0.2, 0.25) is 5.91 Å². The average molecular weight is 366 g/mol. The second kappa shape index (κ2) is 7.31. The molecule has 27 heavy (non-hydrogen) atoms. The van der Waals surface area contributed by atoms with Crippen molar-refractivity contribution in [3.63, 3.8) is 0 Å². The zero-order chi connectivity index (χ0) is 18.8. The number of anilines is 1. The molecule has 0 saturated heterocycles. The van der Waals surface area contributed by atoms with E-state index in [-0.39, 0.29) is 17.7 Å². The first-order chi connectivity index (χ1) is 13.1. The van der Waals surface area contributed by atoms with Crippen LogP contribution in [-0.2, 0) is 11.3 Å². The van der Waals surface area contributed by atoms with E-state index >= 15 is 0 Å². The second-order valence-corrected chi connectivity index (χ2v) is 6.98. The second-order valence-electron chi connectivity index (χ2n) is 6.98. The molecule has 6 heteroatoms. The van der Waals surface area contributed by atoms with Gasteiger partial charge < -0.3 is 19.7 Å². The lowest BCUT2D eigenvalue weighted by Crippen LogP contribution is -2.26. The molecule has 1 saturated carbocycles. The highest BCUT2D eigenvalue weighted by molar-refractivity contribution is 5.96. The van der Waals surface area contributed by atoms with Gasteiger partial charge in [0.15, 0.2) is 11.5 Å². The maximum Gasteiger partial charge on any atom is 0.253 e. The highest BCUT2D eigenvalue weighted by atomic mass is 16.6. The molecular formula is C21H22N2O4. The van der Waals surface area contributed by atoms with Gasteiger partial charge in [-0.25, -0.2) is 0 Å². The van der Waals surface area contributed by atoms with Gasteiger partial charge in [0, 0.05) is 30.8 Å². The Balaban J connectivity index is 1.39. The van der Waals surface area contributed by atoms with Crippen molar-refractivity contribution in [2.45, 2.75) is 19.4 Å². The van der Waals surface area contributed by atoms with E-state index in [2.05, 4.69) is 5.32 Å². The highest BCUT2D eigenvalue weighted by Gasteiger charge is 2.29. The van der Waals surface area contributed by atoms with Crippen LogP contribution in [-0.4, -0.2) is 37.0 Å². The lowest BCUT2D eigenvalue weighted by molar-refractivity contribution is -0.117. The van der Waals surface area contributed by atoms with Gasteiger partial charge in [0.05, 0.1) is 0 Å². The SMILES string of the molecule is CN(Cc1ccc2c(c1)OCCO2)C(=O)c1ccc(NC(=O)C2CC2)cc1. The van der Waals surface area contributed by atoms with Crippen LogP contribution >= 0.6 is 0 Å². The van der Waals surface area contributed by atoms with Gasteiger partial charge in [-0.1, -0.05) is 6.07 Å². The maximum atomic E-state index is 12.7. The number of fused-ring (bicyclic) bond motifs is 1. The predicted octanol–water partition coefficient (Wildman–Crippen LogP) is 3.08. The van der Waals surface area contributed by atoms with E-state index < -0.39 is 0 Å².